The van der Waals surface area contributed by atoms with Gasteiger partial charge in [-0.05, 0) is 18.1 Å². The summed E-state index contributed by atoms with van der Waals surface area (Å²) in [5, 5.41) is 0. The second-order valence-corrected chi connectivity index (χ2v) is 3.43. The van der Waals surface area contributed by atoms with Crippen molar-refractivity contribution in [3.8, 4) is 11.3 Å². The first-order chi connectivity index (χ1) is 6.45. The summed E-state index contributed by atoms with van der Waals surface area (Å²) >= 11 is 0. The molecular weight excluding hydrogens is 158 g/mol. The van der Waals surface area contributed by atoms with Crippen molar-refractivity contribution in [3.05, 3.63) is 48.2 Å². The van der Waals surface area contributed by atoms with E-state index >= 15 is 0 Å². The van der Waals surface area contributed by atoms with Crippen LogP contribution in [-0.2, 0) is 13.0 Å². The lowest BCUT2D eigenvalue weighted by Gasteiger charge is -2.18. The van der Waals surface area contributed by atoms with Crippen molar-refractivity contribution in [2.24, 2.45) is 0 Å². The molecule has 0 fully saturated rings. The number of aromatic nitrogens is 1. The van der Waals surface area contributed by atoms with Crippen LogP contribution < -0.4 is 0 Å². The van der Waals surface area contributed by atoms with E-state index in [0.717, 1.165) is 13.0 Å². The first kappa shape index (κ1) is 6.96. The second kappa shape index (κ2) is 2.49. The topological polar surface area (TPSA) is 4.93 Å². The van der Waals surface area contributed by atoms with Crippen LogP contribution in [-0.4, -0.2) is 4.57 Å². The largest absolute Gasteiger partial charge is 0.347 e. The van der Waals surface area contributed by atoms with E-state index in [-0.39, 0.29) is 0 Å². The number of rotatable bonds is 0. The van der Waals surface area contributed by atoms with Crippen molar-refractivity contribution >= 4 is 0 Å². The molecule has 1 aromatic heterocycles. The molecule has 0 saturated heterocycles. The Kier molecular flexibility index (Phi) is 1.33. The van der Waals surface area contributed by atoms with Crippen LogP contribution in [0.5, 0.6) is 0 Å². The third-order valence-corrected chi connectivity index (χ3v) is 2.68. The molecule has 3 rings (SSSR count). The van der Waals surface area contributed by atoms with Gasteiger partial charge >= 0.3 is 0 Å². The lowest BCUT2D eigenvalue weighted by atomic mass is 9.99. The highest BCUT2D eigenvalue weighted by atomic mass is 15.0. The fourth-order valence-corrected chi connectivity index (χ4v) is 2.01. The molecule has 1 aromatic carbocycles. The van der Waals surface area contributed by atoms with E-state index in [9.17, 15) is 0 Å². The Labute approximate surface area is 77.6 Å². The number of fused-ring (bicyclic) bond motifs is 3. The minimum Gasteiger partial charge on any atom is -0.347 e. The zero-order chi connectivity index (χ0) is 8.67. The normalized spacial score (nSPS) is 13.5. The highest BCUT2D eigenvalue weighted by Gasteiger charge is 2.13. The van der Waals surface area contributed by atoms with E-state index < -0.39 is 0 Å². The molecule has 0 saturated carbocycles. The monoisotopic (exact) mass is 168 g/mol. The molecule has 1 radical (unpaired) electrons. The Morgan fingerprint density at radius 3 is 3.15 bits per heavy atom. The quantitative estimate of drug-likeness (QED) is 0.569. The standard InChI is InChI=1S/C12H10N/c1-2-5-11-10(4-1)7-9-13-8-3-6-12(11)13/h1-2,4-6,8H,7,9H2. The Morgan fingerprint density at radius 1 is 1.23 bits per heavy atom. The molecule has 1 aliphatic rings. The molecule has 1 nitrogen and oxygen atoms in total. The lowest BCUT2D eigenvalue weighted by Crippen LogP contribution is -2.08. The van der Waals surface area contributed by atoms with E-state index in [0.29, 0.717) is 0 Å². The van der Waals surface area contributed by atoms with E-state index in [1.165, 1.54) is 16.8 Å². The Morgan fingerprint density at radius 2 is 2.15 bits per heavy atom. The molecule has 0 unspecified atom stereocenters. The summed E-state index contributed by atoms with van der Waals surface area (Å²) in [7, 11) is 0. The molecule has 63 valence electrons. The molecule has 1 heteroatoms. The maximum absolute atomic E-state index is 3.14. The maximum Gasteiger partial charge on any atom is 0.0489 e. The third-order valence-electron chi connectivity index (χ3n) is 2.68. The summed E-state index contributed by atoms with van der Waals surface area (Å²) in [6.07, 6.45) is 3.18. The van der Waals surface area contributed by atoms with Crippen LogP contribution in [0, 0.1) is 6.07 Å². The van der Waals surface area contributed by atoms with Gasteiger partial charge in [-0.3, -0.25) is 0 Å². The molecule has 2 aromatic rings. The smallest absolute Gasteiger partial charge is 0.0489 e. The lowest BCUT2D eigenvalue weighted by molar-refractivity contribution is 0.689. The van der Waals surface area contributed by atoms with Crippen LogP contribution in [0.15, 0.2) is 36.5 Å². The summed E-state index contributed by atoms with van der Waals surface area (Å²) in [4.78, 5) is 0. The molecule has 2 heterocycles. The predicted molar refractivity (Wildman–Crippen MR) is 52.4 cm³/mol. The molecular formula is C12H10N. The van der Waals surface area contributed by atoms with Gasteiger partial charge in [-0.15, -0.1) is 0 Å². The number of nitrogens with zero attached hydrogens (tertiary/aromatic N) is 1. The highest BCUT2D eigenvalue weighted by molar-refractivity contribution is 5.65. The number of hydrogen-bond acceptors (Lipinski definition) is 0. The van der Waals surface area contributed by atoms with Gasteiger partial charge in [-0.2, -0.15) is 0 Å². The van der Waals surface area contributed by atoms with Crippen LogP contribution in [0.4, 0.5) is 0 Å². The Balaban J connectivity index is 2.30. The summed E-state index contributed by atoms with van der Waals surface area (Å²) < 4.78 is 2.27. The molecule has 0 N–H and O–H groups in total. The minimum absolute atomic E-state index is 1.09. The molecule has 0 amide bonds. The predicted octanol–water partition coefficient (Wildman–Crippen LogP) is 2.51. The molecule has 1 aliphatic heterocycles. The Hall–Kier alpha value is -1.50. The fraction of sp³-hybridized carbons (Fsp3) is 0.167. The summed E-state index contributed by atoms with van der Waals surface area (Å²) in [6, 6.07) is 13.8. The zero-order valence-corrected chi connectivity index (χ0v) is 7.33. The summed E-state index contributed by atoms with van der Waals surface area (Å²) in [5.74, 6) is 0. The Bertz CT molecular complexity index is 440. The second-order valence-electron chi connectivity index (χ2n) is 3.43. The van der Waals surface area contributed by atoms with Crippen molar-refractivity contribution in [3.63, 3.8) is 0 Å². The first-order valence-corrected chi connectivity index (χ1v) is 4.59. The zero-order valence-electron chi connectivity index (χ0n) is 7.33. The van der Waals surface area contributed by atoms with Crippen LogP contribution in [0.1, 0.15) is 5.56 Å². The molecule has 0 atom stereocenters. The summed E-state index contributed by atoms with van der Waals surface area (Å²) in [5.41, 5.74) is 4.14. The van der Waals surface area contributed by atoms with Crippen LogP contribution in [0.3, 0.4) is 0 Å². The number of benzene rings is 1. The molecule has 0 aliphatic carbocycles. The number of hydrogen-bond donors (Lipinski definition) is 0. The number of aryl methyl sites for hydroxylation is 2. The van der Waals surface area contributed by atoms with Gasteiger partial charge in [0.05, 0.1) is 0 Å². The van der Waals surface area contributed by atoms with E-state index in [2.05, 4.69) is 41.0 Å². The van der Waals surface area contributed by atoms with Crippen LogP contribution in [0.2, 0.25) is 0 Å². The van der Waals surface area contributed by atoms with Gasteiger partial charge in [0.15, 0.2) is 0 Å². The first-order valence-electron chi connectivity index (χ1n) is 4.59. The minimum atomic E-state index is 1.09. The van der Waals surface area contributed by atoms with E-state index in [1.807, 2.05) is 6.20 Å². The molecule has 0 spiro atoms. The van der Waals surface area contributed by atoms with Crippen molar-refractivity contribution < 1.29 is 0 Å². The SMILES string of the molecule is [c]1cc2n(c1)CCc1ccccc1-2. The van der Waals surface area contributed by atoms with Gasteiger partial charge in [-0.1, -0.05) is 24.3 Å². The third kappa shape index (κ3) is 0.934. The van der Waals surface area contributed by atoms with Gasteiger partial charge in [0.1, 0.15) is 0 Å². The van der Waals surface area contributed by atoms with Crippen molar-refractivity contribution in [1.82, 2.24) is 4.57 Å². The molecule has 13 heavy (non-hydrogen) atoms. The van der Waals surface area contributed by atoms with E-state index in [4.69, 9.17) is 0 Å². The van der Waals surface area contributed by atoms with Crippen LogP contribution in [0.25, 0.3) is 11.3 Å². The van der Waals surface area contributed by atoms with Crippen molar-refractivity contribution in [2.75, 3.05) is 0 Å². The van der Waals surface area contributed by atoms with Crippen molar-refractivity contribution in [2.45, 2.75) is 13.0 Å². The average molecular weight is 168 g/mol. The summed E-state index contributed by atoms with van der Waals surface area (Å²) in [6.45, 7) is 1.09. The van der Waals surface area contributed by atoms with Gasteiger partial charge < -0.3 is 4.57 Å². The average Bonchev–Trinajstić information content (AvgIpc) is 2.65. The van der Waals surface area contributed by atoms with Gasteiger partial charge in [-0.25, -0.2) is 0 Å². The van der Waals surface area contributed by atoms with Gasteiger partial charge in [0, 0.05) is 30.1 Å². The highest BCUT2D eigenvalue weighted by Crippen LogP contribution is 2.28. The van der Waals surface area contributed by atoms with Gasteiger partial charge in [0.2, 0.25) is 0 Å². The molecule has 0 bridgehead atoms. The fourth-order valence-electron chi connectivity index (χ4n) is 2.01. The van der Waals surface area contributed by atoms with Gasteiger partial charge in [0.25, 0.3) is 0 Å². The van der Waals surface area contributed by atoms with E-state index in [1.54, 1.807) is 0 Å². The maximum atomic E-state index is 3.14. The van der Waals surface area contributed by atoms with Crippen LogP contribution >= 0.6 is 0 Å². The van der Waals surface area contributed by atoms with Crippen molar-refractivity contribution in [1.29, 1.82) is 0 Å².